The molecule has 1 heterocycles. The Balaban J connectivity index is 2.89. The smallest absolute Gasteiger partial charge is 0.258 e. The van der Waals surface area contributed by atoms with Crippen LogP contribution in [0.3, 0.4) is 0 Å². The summed E-state index contributed by atoms with van der Waals surface area (Å²) in [4.78, 5) is 14.9. The lowest BCUT2D eigenvalue weighted by molar-refractivity contribution is -0.385. The first kappa shape index (κ1) is 14.7. The third-order valence-electron chi connectivity index (χ3n) is 3.07. The maximum Gasteiger partial charge on any atom is 0.309 e. The summed E-state index contributed by atoms with van der Waals surface area (Å²) in [5.41, 5.74) is 0.767. The number of fused-ring (bicyclic) bond motifs is 1. The average Bonchev–Trinajstić information content (AvgIpc) is 2.32. The molecule has 0 N–H and O–H groups in total. The van der Waals surface area contributed by atoms with E-state index in [0.717, 1.165) is 0 Å². The van der Waals surface area contributed by atoms with Crippen LogP contribution in [0.2, 0.25) is 5.02 Å². The lowest BCUT2D eigenvalue weighted by Crippen LogP contribution is -2.05. The zero-order valence-corrected chi connectivity index (χ0v) is 12.2. The molecule has 0 saturated carbocycles. The van der Waals surface area contributed by atoms with E-state index in [1.165, 1.54) is 12.1 Å². The van der Waals surface area contributed by atoms with Gasteiger partial charge in [-0.3, -0.25) is 10.1 Å². The number of aromatic nitrogens is 1. The molecule has 0 radical (unpaired) electrons. The minimum Gasteiger partial charge on any atom is -0.258 e. The van der Waals surface area contributed by atoms with Gasteiger partial charge in [0.1, 0.15) is 22.1 Å². The largest absolute Gasteiger partial charge is 0.309 e. The van der Waals surface area contributed by atoms with Gasteiger partial charge in [-0.1, -0.05) is 31.5 Å². The standard InChI is InChI=1S/C14H14ClFN2O2/c1-7(2)6-10-14(18(19)20)12(15)11-8(3)4-5-9(16)13(11)17-10/h4-5,7H,6H2,1-3H3. The summed E-state index contributed by atoms with van der Waals surface area (Å²) in [6.07, 6.45) is 0.374. The van der Waals surface area contributed by atoms with Crippen LogP contribution < -0.4 is 0 Å². The van der Waals surface area contributed by atoms with Gasteiger partial charge in [-0.2, -0.15) is 0 Å². The van der Waals surface area contributed by atoms with Crippen LogP contribution in [0.25, 0.3) is 10.9 Å². The number of pyridine rings is 1. The molecular weight excluding hydrogens is 283 g/mol. The van der Waals surface area contributed by atoms with E-state index in [1.807, 2.05) is 13.8 Å². The number of nitrogens with zero attached hydrogens (tertiary/aromatic N) is 2. The fraction of sp³-hybridized carbons (Fsp3) is 0.357. The third-order valence-corrected chi connectivity index (χ3v) is 3.44. The van der Waals surface area contributed by atoms with Crippen LogP contribution in [-0.2, 0) is 6.42 Å². The molecule has 0 bridgehead atoms. The van der Waals surface area contributed by atoms with Crippen LogP contribution in [0.5, 0.6) is 0 Å². The Bertz CT molecular complexity index is 701. The highest BCUT2D eigenvalue weighted by Crippen LogP contribution is 2.37. The van der Waals surface area contributed by atoms with Gasteiger partial charge in [-0.15, -0.1) is 0 Å². The molecule has 0 aliphatic heterocycles. The molecule has 0 amide bonds. The van der Waals surface area contributed by atoms with E-state index in [0.29, 0.717) is 17.4 Å². The molecule has 0 spiro atoms. The van der Waals surface area contributed by atoms with E-state index in [9.17, 15) is 14.5 Å². The molecule has 0 aliphatic carbocycles. The van der Waals surface area contributed by atoms with E-state index >= 15 is 0 Å². The number of rotatable bonds is 3. The molecule has 4 nitrogen and oxygen atoms in total. The Kier molecular flexibility index (Phi) is 3.90. The van der Waals surface area contributed by atoms with Crippen molar-refractivity contribution in [2.75, 3.05) is 0 Å². The SMILES string of the molecule is Cc1ccc(F)c2nc(CC(C)C)c([N+](=O)[O-])c(Cl)c12. The molecule has 106 valence electrons. The van der Waals surface area contributed by atoms with Gasteiger partial charge in [0.15, 0.2) is 0 Å². The first-order chi connectivity index (χ1) is 9.32. The maximum absolute atomic E-state index is 13.9. The minimum atomic E-state index is -0.545. The van der Waals surface area contributed by atoms with E-state index < -0.39 is 10.7 Å². The van der Waals surface area contributed by atoms with Crippen LogP contribution in [0.4, 0.5) is 10.1 Å². The molecular formula is C14H14ClFN2O2. The van der Waals surface area contributed by atoms with E-state index in [1.54, 1.807) is 6.92 Å². The Hall–Kier alpha value is -1.75. The molecule has 2 aromatic rings. The van der Waals surface area contributed by atoms with Crippen LogP contribution in [-0.4, -0.2) is 9.91 Å². The molecule has 1 aromatic heterocycles. The first-order valence-electron chi connectivity index (χ1n) is 6.24. The van der Waals surface area contributed by atoms with Crippen molar-refractivity contribution in [3.05, 3.63) is 44.3 Å². The predicted molar refractivity (Wildman–Crippen MR) is 76.6 cm³/mol. The van der Waals surface area contributed by atoms with Crippen molar-refractivity contribution in [2.45, 2.75) is 27.2 Å². The summed E-state index contributed by atoms with van der Waals surface area (Å²) in [6.45, 7) is 5.55. The zero-order chi connectivity index (χ0) is 15.0. The molecule has 20 heavy (non-hydrogen) atoms. The molecule has 0 atom stereocenters. The molecule has 2 rings (SSSR count). The van der Waals surface area contributed by atoms with Gasteiger partial charge in [0.25, 0.3) is 0 Å². The Labute approximate surface area is 120 Å². The second kappa shape index (κ2) is 5.32. The average molecular weight is 297 g/mol. The van der Waals surface area contributed by atoms with E-state index in [4.69, 9.17) is 11.6 Å². The summed E-state index contributed by atoms with van der Waals surface area (Å²) in [5, 5.41) is 11.5. The fourth-order valence-electron chi connectivity index (χ4n) is 2.20. The fourth-order valence-corrected chi connectivity index (χ4v) is 2.62. The second-order valence-corrected chi connectivity index (χ2v) is 5.54. The van der Waals surface area contributed by atoms with Crippen LogP contribution >= 0.6 is 11.6 Å². The molecule has 0 saturated heterocycles. The Morgan fingerprint density at radius 3 is 2.65 bits per heavy atom. The second-order valence-electron chi connectivity index (χ2n) is 5.16. The van der Waals surface area contributed by atoms with Gasteiger partial charge in [-0.25, -0.2) is 9.37 Å². The summed E-state index contributed by atoms with van der Waals surface area (Å²) in [7, 11) is 0. The van der Waals surface area contributed by atoms with Crippen molar-refractivity contribution in [1.29, 1.82) is 0 Å². The van der Waals surface area contributed by atoms with Crippen LogP contribution in [0.1, 0.15) is 25.1 Å². The number of aryl methyl sites for hydroxylation is 1. The summed E-state index contributed by atoms with van der Waals surface area (Å²) < 4.78 is 13.9. The molecule has 0 aliphatic rings. The van der Waals surface area contributed by atoms with Gasteiger partial charge in [-0.05, 0) is 30.9 Å². The van der Waals surface area contributed by atoms with Crippen molar-refractivity contribution in [3.8, 4) is 0 Å². The van der Waals surface area contributed by atoms with Gasteiger partial charge in [0.2, 0.25) is 0 Å². The maximum atomic E-state index is 13.9. The van der Waals surface area contributed by atoms with Gasteiger partial charge < -0.3 is 0 Å². The van der Waals surface area contributed by atoms with E-state index in [-0.39, 0.29) is 27.8 Å². The lowest BCUT2D eigenvalue weighted by Gasteiger charge is -2.11. The zero-order valence-electron chi connectivity index (χ0n) is 11.4. The lowest BCUT2D eigenvalue weighted by atomic mass is 10.0. The van der Waals surface area contributed by atoms with Gasteiger partial charge in [0.05, 0.1) is 4.92 Å². The van der Waals surface area contributed by atoms with Crippen molar-refractivity contribution in [1.82, 2.24) is 4.98 Å². The Morgan fingerprint density at radius 2 is 2.10 bits per heavy atom. The quantitative estimate of drug-likeness (QED) is 0.621. The summed E-state index contributed by atoms with van der Waals surface area (Å²) in [6, 6.07) is 2.84. The number of nitro groups is 1. The molecule has 0 unspecified atom stereocenters. The summed E-state index contributed by atoms with van der Waals surface area (Å²) >= 11 is 6.15. The topological polar surface area (TPSA) is 56.0 Å². The van der Waals surface area contributed by atoms with Gasteiger partial charge >= 0.3 is 5.69 Å². The Morgan fingerprint density at radius 1 is 1.45 bits per heavy atom. The van der Waals surface area contributed by atoms with E-state index in [2.05, 4.69) is 4.98 Å². The highest BCUT2D eigenvalue weighted by molar-refractivity contribution is 6.37. The van der Waals surface area contributed by atoms with Crippen molar-refractivity contribution in [3.63, 3.8) is 0 Å². The van der Waals surface area contributed by atoms with Gasteiger partial charge in [0, 0.05) is 5.39 Å². The first-order valence-corrected chi connectivity index (χ1v) is 6.62. The number of benzene rings is 1. The van der Waals surface area contributed by atoms with Crippen molar-refractivity contribution in [2.24, 2.45) is 5.92 Å². The van der Waals surface area contributed by atoms with Crippen LogP contribution in [0, 0.1) is 28.8 Å². The summed E-state index contributed by atoms with van der Waals surface area (Å²) in [5.74, 6) is -0.366. The minimum absolute atomic E-state index is 0.0346. The molecule has 0 fully saturated rings. The monoisotopic (exact) mass is 296 g/mol. The van der Waals surface area contributed by atoms with Crippen molar-refractivity contribution >= 4 is 28.2 Å². The molecule has 1 aromatic carbocycles. The number of halogens is 2. The number of hydrogen-bond donors (Lipinski definition) is 0. The van der Waals surface area contributed by atoms with Crippen molar-refractivity contribution < 1.29 is 9.31 Å². The highest BCUT2D eigenvalue weighted by Gasteiger charge is 2.26. The predicted octanol–water partition coefficient (Wildman–Crippen LogP) is 4.44. The highest BCUT2D eigenvalue weighted by atomic mass is 35.5. The normalized spacial score (nSPS) is 11.3. The third kappa shape index (κ3) is 2.45. The number of hydrogen-bond acceptors (Lipinski definition) is 3. The van der Waals surface area contributed by atoms with Crippen LogP contribution in [0.15, 0.2) is 12.1 Å². The molecule has 6 heteroatoms.